The van der Waals surface area contributed by atoms with Gasteiger partial charge in [-0.05, 0) is 7.05 Å². The summed E-state index contributed by atoms with van der Waals surface area (Å²) in [7, 11) is 1.39. The molecule has 0 aromatic heterocycles. The topological polar surface area (TPSA) is 80.7 Å². The van der Waals surface area contributed by atoms with Gasteiger partial charge in [0.15, 0.2) is 0 Å². The number of carbonyl (C=O) groups is 2. The summed E-state index contributed by atoms with van der Waals surface area (Å²) in [6.07, 6.45) is 0. The van der Waals surface area contributed by atoms with Crippen molar-refractivity contribution in [2.45, 2.75) is 0 Å². The molecule has 0 bridgehead atoms. The smallest absolute Gasteiger partial charge is 0.549 e. The summed E-state index contributed by atoms with van der Waals surface area (Å²) in [5, 5.41) is 18.0. The summed E-state index contributed by atoms with van der Waals surface area (Å²) >= 11 is 0. The average Bonchev–Trinajstić information content (AvgIpc) is 1.58. The Kier molecular flexibility index (Phi) is 8.09. The molecule has 0 aromatic rings. The maximum atomic E-state index is 9.94. The molecule has 0 radical (unpaired) electrons. The fraction of sp³-hybridized carbons (Fsp3) is 0.600. The third-order valence-corrected chi connectivity index (χ3v) is 0.804. The van der Waals surface area contributed by atoms with Crippen molar-refractivity contribution in [2.24, 2.45) is 0 Å². The predicted octanol–water partition coefficient (Wildman–Crippen LogP) is -5.24. The molecule has 6 heteroatoms. The molecule has 1 N–H and O–H groups in total. The van der Waals surface area contributed by atoms with Gasteiger partial charge >= 0.3 is 35.5 Å². The van der Waals surface area contributed by atoms with Gasteiger partial charge in [0.25, 0.3) is 0 Å². The molecule has 58 valence electrons. The summed E-state index contributed by atoms with van der Waals surface area (Å²) in [6.45, 7) is -0.639. The normalized spacial score (nSPS) is 8.91. The fourth-order valence-corrected chi connectivity index (χ4v) is 0.507. The summed E-state index contributed by atoms with van der Waals surface area (Å²) in [5.74, 6) is -2.33. The largest absolute Gasteiger partial charge is 1.00 e. The minimum absolute atomic E-state index is 0. The molecule has 0 heterocycles. The standard InChI is InChI=1S/C5H9NO4.Na/c1-6(2-4(7)8)3-5(9)10;/h2-3H2,1H3,(H,7,8)(H,9,10);/q;+1/p-1. The first-order valence-electron chi connectivity index (χ1n) is 2.62. The van der Waals surface area contributed by atoms with Gasteiger partial charge < -0.3 is 15.0 Å². The maximum Gasteiger partial charge on any atom is 1.00 e. The van der Waals surface area contributed by atoms with E-state index in [1.807, 2.05) is 0 Å². The van der Waals surface area contributed by atoms with Crippen LogP contribution in [0.5, 0.6) is 0 Å². The van der Waals surface area contributed by atoms with Crippen LogP contribution in [0.4, 0.5) is 0 Å². The number of nitrogens with zero attached hydrogens (tertiary/aromatic N) is 1. The molecule has 5 nitrogen and oxygen atoms in total. The van der Waals surface area contributed by atoms with Crippen LogP contribution in [0.3, 0.4) is 0 Å². The van der Waals surface area contributed by atoms with E-state index in [0.717, 1.165) is 4.90 Å². The second-order valence-electron chi connectivity index (χ2n) is 1.94. The van der Waals surface area contributed by atoms with Crippen LogP contribution in [-0.2, 0) is 9.59 Å². The summed E-state index contributed by atoms with van der Waals surface area (Å²) in [4.78, 5) is 20.9. The van der Waals surface area contributed by atoms with Gasteiger partial charge in [0.1, 0.15) is 0 Å². The first-order valence-corrected chi connectivity index (χ1v) is 2.62. The third kappa shape index (κ3) is 9.90. The zero-order valence-electron chi connectivity index (χ0n) is 6.53. The van der Waals surface area contributed by atoms with Gasteiger partial charge in [-0.15, -0.1) is 0 Å². The minimum Gasteiger partial charge on any atom is -0.549 e. The Morgan fingerprint density at radius 3 is 2.18 bits per heavy atom. The average molecular weight is 169 g/mol. The van der Waals surface area contributed by atoms with Crippen molar-refractivity contribution in [3.05, 3.63) is 0 Å². The quantitative estimate of drug-likeness (QED) is 0.425. The van der Waals surface area contributed by atoms with Gasteiger partial charge in [-0.2, -0.15) is 0 Å². The molecule has 11 heavy (non-hydrogen) atoms. The Labute approximate surface area is 86.3 Å². The number of hydrogen-bond donors (Lipinski definition) is 1. The monoisotopic (exact) mass is 169 g/mol. The van der Waals surface area contributed by atoms with E-state index in [4.69, 9.17) is 5.11 Å². The van der Waals surface area contributed by atoms with E-state index >= 15 is 0 Å². The zero-order chi connectivity index (χ0) is 8.15. The van der Waals surface area contributed by atoms with Gasteiger partial charge in [0.2, 0.25) is 0 Å². The Balaban J connectivity index is 0. The molecule has 0 aliphatic heterocycles. The molecular formula is C5H8NNaO4. The molecule has 0 fully saturated rings. The summed E-state index contributed by atoms with van der Waals surface area (Å²) in [6, 6.07) is 0. The number of rotatable bonds is 4. The van der Waals surface area contributed by atoms with Gasteiger partial charge in [0.05, 0.1) is 12.5 Å². The van der Waals surface area contributed by atoms with Crippen LogP contribution in [0.15, 0.2) is 0 Å². The van der Waals surface area contributed by atoms with Crippen LogP contribution < -0.4 is 34.7 Å². The van der Waals surface area contributed by atoms with Gasteiger partial charge in [-0.1, -0.05) is 0 Å². The molecular weight excluding hydrogens is 161 g/mol. The van der Waals surface area contributed by atoms with Crippen LogP contribution in [0.25, 0.3) is 0 Å². The van der Waals surface area contributed by atoms with Crippen molar-refractivity contribution < 1.29 is 49.4 Å². The Bertz CT molecular complexity index is 133. The molecule has 0 amide bonds. The molecule has 0 aliphatic rings. The maximum absolute atomic E-state index is 9.94. The molecule has 0 saturated heterocycles. The van der Waals surface area contributed by atoms with Gasteiger partial charge in [-0.25, -0.2) is 0 Å². The van der Waals surface area contributed by atoms with E-state index in [-0.39, 0.29) is 42.6 Å². The first kappa shape index (κ1) is 13.5. The fourth-order valence-electron chi connectivity index (χ4n) is 0.507. The number of carboxylic acids is 2. The van der Waals surface area contributed by atoms with E-state index in [9.17, 15) is 14.7 Å². The SMILES string of the molecule is CN(CC(=O)[O-])CC(=O)O.[Na+]. The molecule has 0 rings (SSSR count). The minimum atomic E-state index is -1.27. The van der Waals surface area contributed by atoms with E-state index in [1.165, 1.54) is 7.05 Å². The molecule has 0 spiro atoms. The second kappa shape index (κ2) is 6.60. The van der Waals surface area contributed by atoms with E-state index in [1.54, 1.807) is 0 Å². The molecule has 0 aliphatic carbocycles. The van der Waals surface area contributed by atoms with E-state index in [2.05, 4.69) is 0 Å². The van der Waals surface area contributed by atoms with Crippen molar-refractivity contribution in [1.29, 1.82) is 0 Å². The Morgan fingerprint density at radius 2 is 1.91 bits per heavy atom. The number of aliphatic carboxylic acids is 2. The Hall–Kier alpha value is -0.100. The number of carboxylic acid groups (broad SMARTS) is 2. The van der Waals surface area contributed by atoms with Gasteiger partial charge in [0, 0.05) is 6.54 Å². The third-order valence-electron chi connectivity index (χ3n) is 0.804. The summed E-state index contributed by atoms with van der Waals surface area (Å²) in [5.41, 5.74) is 0. The summed E-state index contributed by atoms with van der Waals surface area (Å²) < 4.78 is 0. The van der Waals surface area contributed by atoms with Crippen molar-refractivity contribution in [1.82, 2.24) is 4.90 Å². The van der Waals surface area contributed by atoms with Crippen LogP contribution >= 0.6 is 0 Å². The number of likely N-dealkylation sites (N-methyl/N-ethyl adjacent to an activating group) is 1. The van der Waals surface area contributed by atoms with Gasteiger partial charge in [-0.3, -0.25) is 9.69 Å². The zero-order valence-corrected chi connectivity index (χ0v) is 8.53. The molecule has 0 saturated carbocycles. The van der Waals surface area contributed by atoms with Crippen molar-refractivity contribution >= 4 is 11.9 Å². The van der Waals surface area contributed by atoms with Crippen LogP contribution in [-0.4, -0.2) is 42.1 Å². The first-order chi connectivity index (χ1) is 4.52. The van der Waals surface area contributed by atoms with Crippen LogP contribution in [0.1, 0.15) is 0 Å². The molecule has 0 unspecified atom stereocenters. The van der Waals surface area contributed by atoms with E-state index < -0.39 is 11.9 Å². The van der Waals surface area contributed by atoms with Crippen molar-refractivity contribution in [3.8, 4) is 0 Å². The number of hydrogen-bond acceptors (Lipinski definition) is 4. The van der Waals surface area contributed by atoms with Crippen molar-refractivity contribution in [3.63, 3.8) is 0 Å². The predicted molar refractivity (Wildman–Crippen MR) is 30.1 cm³/mol. The Morgan fingerprint density at radius 1 is 1.45 bits per heavy atom. The molecule has 0 aromatic carbocycles. The van der Waals surface area contributed by atoms with E-state index in [0.29, 0.717) is 0 Å². The van der Waals surface area contributed by atoms with Crippen LogP contribution in [0, 0.1) is 0 Å². The van der Waals surface area contributed by atoms with Crippen LogP contribution in [0.2, 0.25) is 0 Å². The second-order valence-corrected chi connectivity index (χ2v) is 1.94. The van der Waals surface area contributed by atoms with Crippen molar-refractivity contribution in [2.75, 3.05) is 20.1 Å². The number of carbonyl (C=O) groups excluding carboxylic acids is 1. The molecule has 0 atom stereocenters.